The summed E-state index contributed by atoms with van der Waals surface area (Å²) in [7, 11) is 0. The maximum absolute atomic E-state index is 12.3. The molecule has 94 valence electrons. The van der Waals surface area contributed by atoms with Gasteiger partial charge in [-0.25, -0.2) is 8.78 Å². The summed E-state index contributed by atoms with van der Waals surface area (Å²) in [6.45, 7) is -0.537. The minimum Gasteiger partial charge on any atom is -0.395 e. The van der Waals surface area contributed by atoms with Crippen LogP contribution in [0.4, 0.5) is 14.5 Å². The number of hydrogen-bond acceptors (Lipinski definition) is 3. The molecule has 17 heavy (non-hydrogen) atoms. The molecule has 1 rings (SSSR count). The van der Waals surface area contributed by atoms with Gasteiger partial charge >= 0.3 is 0 Å². The van der Waals surface area contributed by atoms with Crippen molar-refractivity contribution in [3.8, 4) is 0 Å². The molecule has 0 aliphatic carbocycles. The molecule has 1 aromatic carbocycles. The maximum atomic E-state index is 12.3. The maximum Gasteiger partial charge on any atom is 0.255 e. The molecule has 0 spiro atoms. The van der Waals surface area contributed by atoms with E-state index in [1.807, 2.05) is 0 Å². The average molecular weight is 308 g/mol. The zero-order chi connectivity index (χ0) is 12.8. The predicted molar refractivity (Wildman–Crippen MR) is 64.8 cm³/mol. The Hall–Kier alpha value is -1.01. The van der Waals surface area contributed by atoms with Crippen molar-refractivity contribution in [2.24, 2.45) is 0 Å². The molecule has 0 unspecified atom stereocenters. The molecule has 1 N–H and O–H groups in total. The molecule has 3 nitrogen and oxygen atoms in total. The molecule has 6 heteroatoms. The number of carbonyl (C=O) groups excluding carboxylic acids is 1. The molecule has 1 aromatic rings. The lowest BCUT2D eigenvalue weighted by Crippen LogP contribution is -2.31. The monoisotopic (exact) mass is 307 g/mol. The molecule has 0 radical (unpaired) electrons. The van der Waals surface area contributed by atoms with Crippen LogP contribution in [-0.2, 0) is 0 Å². The Balaban J connectivity index is 2.93. The molecule has 0 fully saturated rings. The highest BCUT2D eigenvalue weighted by Gasteiger charge is 2.13. The lowest BCUT2D eigenvalue weighted by molar-refractivity contribution is 0.112. The first-order valence-electron chi connectivity index (χ1n) is 4.97. The summed E-state index contributed by atoms with van der Waals surface area (Å²) in [6, 6.07) is 4.70. The van der Waals surface area contributed by atoms with Crippen LogP contribution in [0.5, 0.6) is 0 Å². The van der Waals surface area contributed by atoms with Crippen molar-refractivity contribution in [2.75, 3.05) is 24.6 Å². The van der Waals surface area contributed by atoms with Crippen molar-refractivity contribution >= 4 is 27.9 Å². The first kappa shape index (κ1) is 14.1. The van der Waals surface area contributed by atoms with Crippen LogP contribution >= 0.6 is 15.9 Å². The molecule has 0 aliphatic heterocycles. The topological polar surface area (TPSA) is 40.5 Å². The van der Waals surface area contributed by atoms with E-state index in [1.165, 1.54) is 4.90 Å². The van der Waals surface area contributed by atoms with Crippen molar-refractivity contribution < 1.29 is 18.7 Å². The molecular weight excluding hydrogens is 296 g/mol. The summed E-state index contributed by atoms with van der Waals surface area (Å²) in [5, 5.41) is 8.83. The Labute approximate surface area is 106 Å². The molecule has 0 saturated carbocycles. The van der Waals surface area contributed by atoms with Gasteiger partial charge in [-0.05, 0) is 34.1 Å². The van der Waals surface area contributed by atoms with Crippen LogP contribution in [-0.4, -0.2) is 37.5 Å². The van der Waals surface area contributed by atoms with E-state index in [2.05, 4.69) is 15.9 Å². The molecule has 0 saturated heterocycles. The van der Waals surface area contributed by atoms with Gasteiger partial charge in [-0.2, -0.15) is 0 Å². The van der Waals surface area contributed by atoms with Crippen molar-refractivity contribution in [1.29, 1.82) is 0 Å². The second kappa shape index (κ2) is 6.66. The van der Waals surface area contributed by atoms with Crippen LogP contribution in [0.3, 0.4) is 0 Å². The predicted octanol–water partition coefficient (Wildman–Crippen LogP) is 2.33. The summed E-state index contributed by atoms with van der Waals surface area (Å²) >= 11 is 3.19. The molecule has 0 bridgehead atoms. The molecule has 0 amide bonds. The van der Waals surface area contributed by atoms with Crippen molar-refractivity contribution in [3.63, 3.8) is 0 Å². The number of rotatable bonds is 6. The van der Waals surface area contributed by atoms with E-state index in [4.69, 9.17) is 5.11 Å². The average Bonchev–Trinajstić information content (AvgIpc) is 2.28. The first-order chi connectivity index (χ1) is 8.08. The summed E-state index contributed by atoms with van der Waals surface area (Å²) in [5.74, 6) is 0. The van der Waals surface area contributed by atoms with Crippen LogP contribution in [0.15, 0.2) is 22.7 Å². The Bertz CT molecular complexity index is 388. The number of benzene rings is 1. The summed E-state index contributed by atoms with van der Waals surface area (Å²) in [4.78, 5) is 12.0. The number of aliphatic hydroxyl groups is 1. The van der Waals surface area contributed by atoms with E-state index in [0.717, 1.165) is 0 Å². The van der Waals surface area contributed by atoms with E-state index in [9.17, 15) is 13.6 Å². The lowest BCUT2D eigenvalue weighted by Gasteiger charge is -2.23. The smallest absolute Gasteiger partial charge is 0.255 e. The van der Waals surface area contributed by atoms with Crippen LogP contribution in [0, 0.1) is 0 Å². The van der Waals surface area contributed by atoms with Crippen LogP contribution in [0.1, 0.15) is 10.4 Å². The minimum atomic E-state index is -2.48. The van der Waals surface area contributed by atoms with Gasteiger partial charge in [-0.15, -0.1) is 0 Å². The number of halogens is 3. The molecule has 0 heterocycles. The highest BCUT2D eigenvalue weighted by molar-refractivity contribution is 9.10. The zero-order valence-electron chi connectivity index (χ0n) is 8.94. The van der Waals surface area contributed by atoms with Crippen LogP contribution in [0.25, 0.3) is 0 Å². The fourth-order valence-corrected chi connectivity index (χ4v) is 1.88. The first-order valence-corrected chi connectivity index (χ1v) is 5.76. The Kier molecular flexibility index (Phi) is 5.50. The summed E-state index contributed by atoms with van der Waals surface area (Å²) in [6.07, 6.45) is -1.80. The number of alkyl halides is 2. The number of carbonyl (C=O) groups is 1. The highest BCUT2D eigenvalue weighted by atomic mass is 79.9. The Morgan fingerprint density at radius 1 is 1.47 bits per heavy atom. The van der Waals surface area contributed by atoms with Crippen molar-refractivity contribution in [1.82, 2.24) is 0 Å². The molecular formula is C11H12BrF2NO2. The van der Waals surface area contributed by atoms with Gasteiger partial charge in [0.15, 0.2) is 6.29 Å². The lowest BCUT2D eigenvalue weighted by atomic mass is 10.2. The third-order valence-electron chi connectivity index (χ3n) is 2.20. The third-order valence-corrected chi connectivity index (χ3v) is 2.89. The Morgan fingerprint density at radius 3 is 2.65 bits per heavy atom. The largest absolute Gasteiger partial charge is 0.395 e. The van der Waals surface area contributed by atoms with Gasteiger partial charge < -0.3 is 10.0 Å². The van der Waals surface area contributed by atoms with Gasteiger partial charge in [0, 0.05) is 22.3 Å². The third kappa shape index (κ3) is 4.05. The quantitative estimate of drug-likeness (QED) is 0.820. The zero-order valence-corrected chi connectivity index (χ0v) is 10.5. The van der Waals surface area contributed by atoms with E-state index >= 15 is 0 Å². The van der Waals surface area contributed by atoms with E-state index in [0.29, 0.717) is 22.0 Å². The molecule has 0 aliphatic rings. The van der Waals surface area contributed by atoms with Crippen molar-refractivity contribution in [2.45, 2.75) is 6.43 Å². The van der Waals surface area contributed by atoms with Gasteiger partial charge in [0.1, 0.15) is 0 Å². The second-order valence-electron chi connectivity index (χ2n) is 3.38. The normalized spacial score (nSPS) is 10.6. The standard InChI is InChI=1S/C11H12BrF2NO2/c12-10-5-9(2-1-8(10)7-17)15(3-4-16)6-11(13)14/h1-2,5,7,11,16H,3-4,6H2. The van der Waals surface area contributed by atoms with Gasteiger partial charge in [0.05, 0.1) is 13.2 Å². The summed E-state index contributed by atoms with van der Waals surface area (Å²) in [5.41, 5.74) is 0.992. The highest BCUT2D eigenvalue weighted by Crippen LogP contribution is 2.23. The van der Waals surface area contributed by atoms with Gasteiger partial charge in [0.2, 0.25) is 0 Å². The van der Waals surface area contributed by atoms with E-state index in [-0.39, 0.29) is 13.2 Å². The summed E-state index contributed by atoms with van der Waals surface area (Å²) < 4.78 is 25.2. The Morgan fingerprint density at radius 2 is 2.18 bits per heavy atom. The number of aliphatic hydroxyl groups excluding tert-OH is 1. The SMILES string of the molecule is O=Cc1ccc(N(CCO)CC(F)F)cc1Br. The fraction of sp³-hybridized carbons (Fsp3) is 0.364. The van der Waals surface area contributed by atoms with E-state index < -0.39 is 13.0 Å². The van der Waals surface area contributed by atoms with Gasteiger partial charge in [-0.3, -0.25) is 4.79 Å². The molecule has 0 aromatic heterocycles. The second-order valence-corrected chi connectivity index (χ2v) is 4.24. The fourth-order valence-electron chi connectivity index (χ4n) is 1.42. The number of hydrogen-bond donors (Lipinski definition) is 1. The van der Waals surface area contributed by atoms with E-state index in [1.54, 1.807) is 18.2 Å². The minimum absolute atomic E-state index is 0.122. The van der Waals surface area contributed by atoms with Crippen LogP contribution < -0.4 is 4.90 Å². The number of aldehydes is 1. The number of anilines is 1. The van der Waals surface area contributed by atoms with Crippen molar-refractivity contribution in [3.05, 3.63) is 28.2 Å². The van der Waals surface area contributed by atoms with Crippen LogP contribution in [0.2, 0.25) is 0 Å². The molecule has 0 atom stereocenters. The van der Waals surface area contributed by atoms with Gasteiger partial charge in [-0.1, -0.05) is 0 Å². The number of nitrogens with zero attached hydrogens (tertiary/aromatic N) is 1. The van der Waals surface area contributed by atoms with Gasteiger partial charge in [0.25, 0.3) is 6.43 Å².